The summed E-state index contributed by atoms with van der Waals surface area (Å²) < 4.78 is 1.95. The second-order valence-electron chi connectivity index (χ2n) is 5.98. The van der Waals surface area contributed by atoms with Crippen LogP contribution in [0.25, 0.3) is 0 Å². The van der Waals surface area contributed by atoms with Crippen LogP contribution in [0, 0.1) is 0 Å². The van der Waals surface area contributed by atoms with Crippen LogP contribution in [-0.4, -0.2) is 38.4 Å². The molecule has 2 heterocycles. The zero-order chi connectivity index (χ0) is 13.3. The topological polar surface area (TPSA) is 41.3 Å². The van der Waals surface area contributed by atoms with E-state index in [1.54, 1.807) is 0 Å². The molecule has 4 heteroatoms. The first-order chi connectivity index (χ1) is 9.28. The van der Waals surface area contributed by atoms with Gasteiger partial charge >= 0.3 is 0 Å². The minimum atomic E-state index is -0.393. The molecule has 1 saturated heterocycles. The zero-order valence-electron chi connectivity index (χ0n) is 11.9. The average molecular weight is 263 g/mol. The molecule has 1 aromatic rings. The largest absolute Gasteiger partial charge is 0.385 e. The molecule has 0 radical (unpaired) electrons. The Morgan fingerprint density at radius 1 is 1.26 bits per heavy atom. The van der Waals surface area contributed by atoms with E-state index in [-0.39, 0.29) is 5.54 Å². The molecule has 1 saturated carbocycles. The van der Waals surface area contributed by atoms with E-state index < -0.39 is 6.10 Å². The summed E-state index contributed by atoms with van der Waals surface area (Å²) in [6.07, 6.45) is 8.72. The summed E-state index contributed by atoms with van der Waals surface area (Å²) in [6, 6.07) is 1.99. The molecular weight excluding hydrogens is 238 g/mol. The third kappa shape index (κ3) is 2.11. The van der Waals surface area contributed by atoms with Gasteiger partial charge in [-0.1, -0.05) is 12.8 Å². The monoisotopic (exact) mass is 263 g/mol. The Labute approximate surface area is 115 Å². The van der Waals surface area contributed by atoms with Crippen molar-refractivity contribution in [1.82, 2.24) is 14.7 Å². The molecule has 106 valence electrons. The van der Waals surface area contributed by atoms with Gasteiger partial charge in [0.15, 0.2) is 0 Å². The average Bonchev–Trinajstić information content (AvgIpc) is 3.16. The number of aromatic nitrogens is 2. The molecule has 19 heavy (non-hydrogen) atoms. The molecule has 0 aromatic carbocycles. The number of likely N-dealkylation sites (tertiary alicyclic amines) is 1. The van der Waals surface area contributed by atoms with E-state index in [1.807, 2.05) is 16.9 Å². The molecule has 1 atom stereocenters. The maximum atomic E-state index is 11.0. The van der Waals surface area contributed by atoms with Crippen LogP contribution in [0.5, 0.6) is 0 Å². The van der Waals surface area contributed by atoms with Crippen molar-refractivity contribution in [2.24, 2.45) is 0 Å². The highest BCUT2D eigenvalue weighted by atomic mass is 16.3. The lowest BCUT2D eigenvalue weighted by Crippen LogP contribution is -2.50. The predicted octanol–water partition coefficient (Wildman–Crippen LogP) is 2.35. The third-order valence-corrected chi connectivity index (χ3v) is 5.04. The van der Waals surface area contributed by atoms with E-state index in [9.17, 15) is 5.11 Å². The van der Waals surface area contributed by atoms with Gasteiger partial charge in [0.2, 0.25) is 0 Å². The lowest BCUT2D eigenvalue weighted by Gasteiger charge is -2.42. The quantitative estimate of drug-likeness (QED) is 0.906. The summed E-state index contributed by atoms with van der Waals surface area (Å²) in [5.41, 5.74) is 0.972. The maximum Gasteiger partial charge on any atom is 0.114 e. The number of aliphatic hydroxyl groups excluding tert-OH is 1. The normalized spacial score (nSPS) is 24.9. The third-order valence-electron chi connectivity index (χ3n) is 5.04. The fraction of sp³-hybridized carbons (Fsp3) is 0.800. The standard InChI is InChI=1S/C15H25N3O/c1-2-18-13(7-10-16-18)14(19)15(8-3-4-9-15)17-11-5-6-12-17/h7,10,14,19H,2-6,8-9,11-12H2,1H3. The molecule has 3 rings (SSSR count). The molecule has 2 fully saturated rings. The molecule has 0 bridgehead atoms. The smallest absolute Gasteiger partial charge is 0.114 e. The van der Waals surface area contributed by atoms with Crippen molar-refractivity contribution < 1.29 is 5.11 Å². The van der Waals surface area contributed by atoms with Crippen LogP contribution in [0.1, 0.15) is 57.2 Å². The number of hydrogen-bond acceptors (Lipinski definition) is 3. The van der Waals surface area contributed by atoms with Gasteiger partial charge in [-0.2, -0.15) is 5.10 Å². The fourth-order valence-corrected chi connectivity index (χ4v) is 4.03. The highest BCUT2D eigenvalue weighted by Gasteiger charge is 2.47. The molecule has 0 amide bonds. The molecule has 0 spiro atoms. The van der Waals surface area contributed by atoms with Crippen LogP contribution >= 0.6 is 0 Å². The van der Waals surface area contributed by atoms with Crippen molar-refractivity contribution in [3.8, 4) is 0 Å². The second-order valence-corrected chi connectivity index (χ2v) is 5.98. The molecule has 1 aromatic heterocycles. The highest BCUT2D eigenvalue weighted by molar-refractivity contribution is 5.15. The summed E-state index contributed by atoms with van der Waals surface area (Å²) >= 11 is 0. The van der Waals surface area contributed by atoms with E-state index in [0.717, 1.165) is 38.2 Å². The van der Waals surface area contributed by atoms with Gasteiger partial charge in [0.1, 0.15) is 6.10 Å². The first-order valence-corrected chi connectivity index (χ1v) is 7.73. The Balaban J connectivity index is 1.91. The molecule has 1 N–H and O–H groups in total. The number of nitrogens with zero attached hydrogens (tertiary/aromatic N) is 3. The molecule has 1 aliphatic carbocycles. The van der Waals surface area contributed by atoms with E-state index in [4.69, 9.17) is 0 Å². The number of aliphatic hydroxyl groups is 1. The van der Waals surface area contributed by atoms with Crippen molar-refractivity contribution in [2.45, 2.75) is 63.6 Å². The second kappa shape index (κ2) is 5.25. The molecular formula is C15H25N3O. The minimum Gasteiger partial charge on any atom is -0.385 e. The zero-order valence-corrected chi connectivity index (χ0v) is 11.9. The van der Waals surface area contributed by atoms with Gasteiger partial charge in [0.25, 0.3) is 0 Å². The van der Waals surface area contributed by atoms with Gasteiger partial charge in [-0.3, -0.25) is 9.58 Å². The number of aryl methyl sites for hydroxylation is 1. The van der Waals surface area contributed by atoms with Gasteiger partial charge in [-0.15, -0.1) is 0 Å². The van der Waals surface area contributed by atoms with Crippen molar-refractivity contribution in [2.75, 3.05) is 13.1 Å². The van der Waals surface area contributed by atoms with E-state index in [2.05, 4.69) is 16.9 Å². The first kappa shape index (κ1) is 13.1. The van der Waals surface area contributed by atoms with E-state index >= 15 is 0 Å². The summed E-state index contributed by atoms with van der Waals surface area (Å²) in [6.45, 7) is 5.21. The van der Waals surface area contributed by atoms with E-state index in [1.165, 1.54) is 25.7 Å². The molecule has 4 nitrogen and oxygen atoms in total. The van der Waals surface area contributed by atoms with Gasteiger partial charge in [-0.05, 0) is 51.8 Å². The Bertz CT molecular complexity index is 417. The van der Waals surface area contributed by atoms with Gasteiger partial charge in [0, 0.05) is 12.7 Å². The fourth-order valence-electron chi connectivity index (χ4n) is 4.03. The van der Waals surface area contributed by atoms with Crippen LogP contribution < -0.4 is 0 Å². The van der Waals surface area contributed by atoms with Crippen molar-refractivity contribution >= 4 is 0 Å². The van der Waals surface area contributed by atoms with Crippen molar-refractivity contribution in [3.63, 3.8) is 0 Å². The number of rotatable bonds is 4. The minimum absolute atomic E-state index is 0.0244. The predicted molar refractivity (Wildman–Crippen MR) is 74.9 cm³/mol. The van der Waals surface area contributed by atoms with Gasteiger partial charge < -0.3 is 5.11 Å². The first-order valence-electron chi connectivity index (χ1n) is 7.73. The van der Waals surface area contributed by atoms with Crippen LogP contribution in [0.4, 0.5) is 0 Å². The summed E-state index contributed by atoms with van der Waals surface area (Å²) in [7, 11) is 0. The Hall–Kier alpha value is -0.870. The number of hydrogen-bond donors (Lipinski definition) is 1. The van der Waals surface area contributed by atoms with Crippen LogP contribution in [-0.2, 0) is 6.54 Å². The van der Waals surface area contributed by atoms with Gasteiger partial charge in [-0.25, -0.2) is 0 Å². The molecule has 1 aliphatic heterocycles. The Morgan fingerprint density at radius 3 is 2.58 bits per heavy atom. The van der Waals surface area contributed by atoms with Crippen LogP contribution in [0.2, 0.25) is 0 Å². The van der Waals surface area contributed by atoms with Crippen LogP contribution in [0.15, 0.2) is 12.3 Å². The SMILES string of the molecule is CCn1nccc1C(O)C1(N2CCCC2)CCCC1. The maximum absolute atomic E-state index is 11.0. The summed E-state index contributed by atoms with van der Waals surface area (Å²) in [5.74, 6) is 0. The summed E-state index contributed by atoms with van der Waals surface area (Å²) in [4.78, 5) is 2.55. The lowest BCUT2D eigenvalue weighted by atomic mass is 9.86. The molecule has 2 aliphatic rings. The van der Waals surface area contributed by atoms with Crippen LogP contribution in [0.3, 0.4) is 0 Å². The van der Waals surface area contributed by atoms with E-state index in [0.29, 0.717) is 0 Å². The van der Waals surface area contributed by atoms with Crippen molar-refractivity contribution in [1.29, 1.82) is 0 Å². The Morgan fingerprint density at radius 2 is 1.95 bits per heavy atom. The molecule has 1 unspecified atom stereocenters. The summed E-state index contributed by atoms with van der Waals surface area (Å²) in [5, 5.41) is 15.4. The van der Waals surface area contributed by atoms with Gasteiger partial charge in [0.05, 0.1) is 11.2 Å². The highest BCUT2D eigenvalue weighted by Crippen LogP contribution is 2.45. The van der Waals surface area contributed by atoms with Crippen molar-refractivity contribution in [3.05, 3.63) is 18.0 Å². The lowest BCUT2D eigenvalue weighted by molar-refractivity contribution is -0.0241. The Kier molecular flexibility index (Phi) is 3.63.